The third-order valence-corrected chi connectivity index (χ3v) is 3.91. The van der Waals surface area contributed by atoms with Gasteiger partial charge in [0.05, 0.1) is 6.10 Å². The topological polar surface area (TPSA) is 35.5 Å². The minimum absolute atomic E-state index is 0.271. The monoisotopic (exact) mass is 278 g/mol. The highest BCUT2D eigenvalue weighted by atomic mass is 16.3. The van der Waals surface area contributed by atoms with Crippen molar-refractivity contribution in [2.24, 2.45) is 0 Å². The lowest BCUT2D eigenvalue weighted by Crippen LogP contribution is -2.38. The molecule has 0 saturated carbocycles. The van der Waals surface area contributed by atoms with Gasteiger partial charge in [-0.25, -0.2) is 0 Å². The van der Waals surface area contributed by atoms with E-state index in [1.807, 2.05) is 0 Å². The molecule has 0 amide bonds. The SMILES string of the molecule is CCc1ccc(C(C)NCC(O)CN(CC)CC)cc1. The Balaban J connectivity index is 2.39. The van der Waals surface area contributed by atoms with Gasteiger partial charge >= 0.3 is 0 Å². The van der Waals surface area contributed by atoms with Crippen LogP contribution in [0.25, 0.3) is 0 Å². The van der Waals surface area contributed by atoms with Crippen LogP contribution in [0.4, 0.5) is 0 Å². The first kappa shape index (κ1) is 17.2. The molecule has 0 aliphatic rings. The number of hydrogen-bond donors (Lipinski definition) is 2. The summed E-state index contributed by atoms with van der Waals surface area (Å²) in [7, 11) is 0. The second-order valence-corrected chi connectivity index (χ2v) is 5.36. The Hall–Kier alpha value is -0.900. The molecule has 0 heterocycles. The summed E-state index contributed by atoms with van der Waals surface area (Å²) in [5.41, 5.74) is 2.64. The number of aryl methyl sites for hydroxylation is 1. The van der Waals surface area contributed by atoms with Crippen LogP contribution in [-0.2, 0) is 6.42 Å². The van der Waals surface area contributed by atoms with Crippen LogP contribution in [0.2, 0.25) is 0 Å². The minimum atomic E-state index is -0.313. The molecule has 0 bridgehead atoms. The maximum Gasteiger partial charge on any atom is 0.0791 e. The minimum Gasteiger partial charge on any atom is -0.390 e. The van der Waals surface area contributed by atoms with Gasteiger partial charge < -0.3 is 15.3 Å². The standard InChI is InChI=1S/C17H30N2O/c1-5-15-8-10-16(11-9-15)14(4)18-12-17(20)13-19(6-2)7-3/h8-11,14,17-18,20H,5-7,12-13H2,1-4H3. The third kappa shape index (κ3) is 5.61. The van der Waals surface area contributed by atoms with E-state index < -0.39 is 0 Å². The van der Waals surface area contributed by atoms with Crippen molar-refractivity contribution >= 4 is 0 Å². The highest BCUT2D eigenvalue weighted by Crippen LogP contribution is 2.13. The highest BCUT2D eigenvalue weighted by Gasteiger charge is 2.11. The van der Waals surface area contributed by atoms with E-state index in [1.165, 1.54) is 11.1 Å². The molecule has 2 atom stereocenters. The predicted octanol–water partition coefficient (Wildman–Crippen LogP) is 2.60. The van der Waals surface area contributed by atoms with Crippen LogP contribution in [0.15, 0.2) is 24.3 Å². The van der Waals surface area contributed by atoms with Crippen LogP contribution < -0.4 is 5.32 Å². The zero-order valence-electron chi connectivity index (χ0n) is 13.4. The van der Waals surface area contributed by atoms with Crippen molar-refractivity contribution < 1.29 is 5.11 Å². The van der Waals surface area contributed by atoms with E-state index in [1.54, 1.807) is 0 Å². The van der Waals surface area contributed by atoms with Crippen LogP contribution in [0, 0.1) is 0 Å². The van der Waals surface area contributed by atoms with Crippen molar-refractivity contribution in [1.82, 2.24) is 10.2 Å². The first-order valence-corrected chi connectivity index (χ1v) is 7.83. The summed E-state index contributed by atoms with van der Waals surface area (Å²) in [5.74, 6) is 0. The first-order valence-electron chi connectivity index (χ1n) is 7.83. The Bertz CT molecular complexity index is 360. The van der Waals surface area contributed by atoms with Gasteiger partial charge in [0.25, 0.3) is 0 Å². The number of likely N-dealkylation sites (N-methyl/N-ethyl adjacent to an activating group) is 1. The molecule has 1 aromatic rings. The van der Waals surface area contributed by atoms with E-state index >= 15 is 0 Å². The van der Waals surface area contributed by atoms with Crippen molar-refractivity contribution in [2.45, 2.75) is 46.3 Å². The van der Waals surface area contributed by atoms with Crippen LogP contribution in [0.5, 0.6) is 0 Å². The largest absolute Gasteiger partial charge is 0.390 e. The predicted molar refractivity (Wildman–Crippen MR) is 86.0 cm³/mol. The molecular formula is C17H30N2O. The average Bonchev–Trinajstić information content (AvgIpc) is 2.50. The number of nitrogens with one attached hydrogen (secondary N) is 1. The second-order valence-electron chi connectivity index (χ2n) is 5.36. The van der Waals surface area contributed by atoms with Crippen LogP contribution in [0.1, 0.15) is 44.9 Å². The van der Waals surface area contributed by atoms with Gasteiger partial charge in [-0.1, -0.05) is 45.0 Å². The van der Waals surface area contributed by atoms with E-state index in [4.69, 9.17) is 0 Å². The Morgan fingerprint density at radius 3 is 2.20 bits per heavy atom. The number of aliphatic hydroxyl groups is 1. The van der Waals surface area contributed by atoms with E-state index in [2.05, 4.69) is 62.2 Å². The molecule has 114 valence electrons. The molecule has 2 unspecified atom stereocenters. The molecule has 3 heteroatoms. The third-order valence-electron chi connectivity index (χ3n) is 3.91. The fraction of sp³-hybridized carbons (Fsp3) is 0.647. The Morgan fingerprint density at radius 2 is 1.70 bits per heavy atom. The number of hydrogen-bond acceptors (Lipinski definition) is 3. The molecule has 1 aromatic carbocycles. The molecule has 0 fully saturated rings. The summed E-state index contributed by atoms with van der Waals surface area (Å²) in [4.78, 5) is 2.24. The van der Waals surface area contributed by atoms with Gasteiger partial charge in [-0.15, -0.1) is 0 Å². The summed E-state index contributed by atoms with van der Waals surface area (Å²) in [6.07, 6.45) is 0.761. The van der Waals surface area contributed by atoms with Crippen LogP contribution in [0.3, 0.4) is 0 Å². The molecule has 0 aromatic heterocycles. The van der Waals surface area contributed by atoms with Crippen molar-refractivity contribution in [2.75, 3.05) is 26.2 Å². The zero-order valence-corrected chi connectivity index (χ0v) is 13.4. The average molecular weight is 278 g/mol. The van der Waals surface area contributed by atoms with E-state index in [9.17, 15) is 5.11 Å². The summed E-state index contributed by atoms with van der Waals surface area (Å²) >= 11 is 0. The van der Waals surface area contributed by atoms with Crippen LogP contribution in [-0.4, -0.2) is 42.3 Å². The molecular weight excluding hydrogens is 248 g/mol. The molecule has 1 rings (SSSR count). The summed E-state index contributed by atoms with van der Waals surface area (Å²) in [5, 5.41) is 13.5. The maximum atomic E-state index is 10.1. The second kappa shape index (κ2) is 9.11. The Morgan fingerprint density at radius 1 is 1.10 bits per heavy atom. The van der Waals surface area contributed by atoms with E-state index in [0.717, 1.165) is 26.1 Å². The molecule has 0 saturated heterocycles. The number of benzene rings is 1. The van der Waals surface area contributed by atoms with Gasteiger partial charge in [-0.3, -0.25) is 0 Å². The first-order chi connectivity index (χ1) is 9.60. The Labute approximate surface area is 124 Å². The number of nitrogens with zero attached hydrogens (tertiary/aromatic N) is 1. The molecule has 20 heavy (non-hydrogen) atoms. The maximum absolute atomic E-state index is 10.1. The Kier molecular flexibility index (Phi) is 7.82. The lowest BCUT2D eigenvalue weighted by atomic mass is 10.0. The number of rotatable bonds is 9. The normalized spacial score (nSPS) is 14.5. The quantitative estimate of drug-likeness (QED) is 0.729. The van der Waals surface area contributed by atoms with E-state index in [-0.39, 0.29) is 12.1 Å². The number of aliphatic hydroxyl groups excluding tert-OH is 1. The molecule has 0 aliphatic heterocycles. The van der Waals surface area contributed by atoms with Gasteiger partial charge in [0.1, 0.15) is 0 Å². The summed E-state index contributed by atoms with van der Waals surface area (Å²) < 4.78 is 0. The lowest BCUT2D eigenvalue weighted by molar-refractivity contribution is 0.114. The zero-order chi connectivity index (χ0) is 15.0. The fourth-order valence-electron chi connectivity index (χ4n) is 2.32. The van der Waals surface area contributed by atoms with Crippen molar-refractivity contribution in [3.8, 4) is 0 Å². The molecule has 0 spiro atoms. The van der Waals surface area contributed by atoms with Gasteiger partial charge in [0, 0.05) is 19.1 Å². The summed E-state index contributed by atoms with van der Waals surface area (Å²) in [6.45, 7) is 11.9. The lowest BCUT2D eigenvalue weighted by Gasteiger charge is -2.23. The molecule has 3 nitrogen and oxygen atoms in total. The van der Waals surface area contributed by atoms with Crippen LogP contribution >= 0.6 is 0 Å². The van der Waals surface area contributed by atoms with Gasteiger partial charge in [-0.05, 0) is 37.6 Å². The molecule has 0 aliphatic carbocycles. The van der Waals surface area contributed by atoms with Gasteiger partial charge in [0.2, 0.25) is 0 Å². The van der Waals surface area contributed by atoms with Crippen molar-refractivity contribution in [1.29, 1.82) is 0 Å². The fourth-order valence-corrected chi connectivity index (χ4v) is 2.32. The summed E-state index contributed by atoms with van der Waals surface area (Å²) in [6, 6.07) is 8.98. The highest BCUT2D eigenvalue weighted by molar-refractivity contribution is 5.24. The smallest absolute Gasteiger partial charge is 0.0791 e. The van der Waals surface area contributed by atoms with Crippen molar-refractivity contribution in [3.63, 3.8) is 0 Å². The van der Waals surface area contributed by atoms with E-state index in [0.29, 0.717) is 6.54 Å². The van der Waals surface area contributed by atoms with Gasteiger partial charge in [0.15, 0.2) is 0 Å². The molecule has 2 N–H and O–H groups in total. The van der Waals surface area contributed by atoms with Gasteiger partial charge in [-0.2, -0.15) is 0 Å². The van der Waals surface area contributed by atoms with Crippen molar-refractivity contribution in [3.05, 3.63) is 35.4 Å². The molecule has 0 radical (unpaired) electrons.